The SMILES string of the molecule is NC(=O)C[C@@H](NC(=O)C1CNCc2ccccc21)C(=O)O. The minimum Gasteiger partial charge on any atom is -0.480 e. The molecule has 1 aliphatic heterocycles. The highest BCUT2D eigenvalue weighted by molar-refractivity contribution is 5.91. The van der Waals surface area contributed by atoms with Gasteiger partial charge in [-0.3, -0.25) is 9.59 Å². The molecule has 2 amide bonds. The van der Waals surface area contributed by atoms with Crippen LogP contribution >= 0.6 is 0 Å². The van der Waals surface area contributed by atoms with E-state index in [2.05, 4.69) is 10.6 Å². The molecule has 0 radical (unpaired) electrons. The first-order valence-corrected chi connectivity index (χ1v) is 6.59. The molecule has 5 N–H and O–H groups in total. The van der Waals surface area contributed by atoms with Crippen LogP contribution in [0, 0.1) is 0 Å². The van der Waals surface area contributed by atoms with Gasteiger partial charge in [0.2, 0.25) is 11.8 Å². The summed E-state index contributed by atoms with van der Waals surface area (Å²) in [5.74, 6) is -2.96. The number of amides is 2. The van der Waals surface area contributed by atoms with E-state index in [9.17, 15) is 14.4 Å². The Morgan fingerprint density at radius 2 is 2.10 bits per heavy atom. The zero-order valence-corrected chi connectivity index (χ0v) is 11.3. The van der Waals surface area contributed by atoms with Crippen molar-refractivity contribution in [3.8, 4) is 0 Å². The molecule has 1 aromatic carbocycles. The highest BCUT2D eigenvalue weighted by Gasteiger charge is 2.30. The molecule has 1 aromatic rings. The van der Waals surface area contributed by atoms with Gasteiger partial charge in [-0.2, -0.15) is 0 Å². The molecule has 7 nitrogen and oxygen atoms in total. The first-order chi connectivity index (χ1) is 9.99. The van der Waals surface area contributed by atoms with Crippen molar-refractivity contribution in [2.75, 3.05) is 6.54 Å². The fourth-order valence-corrected chi connectivity index (χ4v) is 2.40. The van der Waals surface area contributed by atoms with Crippen molar-refractivity contribution in [2.45, 2.75) is 24.9 Å². The quantitative estimate of drug-likeness (QED) is 0.572. The molecule has 7 heteroatoms. The number of carbonyl (C=O) groups excluding carboxylic acids is 2. The van der Waals surface area contributed by atoms with Crippen LogP contribution in [-0.4, -0.2) is 35.5 Å². The fraction of sp³-hybridized carbons (Fsp3) is 0.357. The number of aliphatic carboxylic acids is 1. The summed E-state index contributed by atoms with van der Waals surface area (Å²) in [5, 5.41) is 14.5. The second-order valence-corrected chi connectivity index (χ2v) is 4.95. The van der Waals surface area contributed by atoms with Crippen LogP contribution in [0.1, 0.15) is 23.5 Å². The molecule has 112 valence electrons. The Hall–Kier alpha value is -2.41. The first kappa shape index (κ1) is 15.0. The van der Waals surface area contributed by atoms with Gasteiger partial charge >= 0.3 is 5.97 Å². The van der Waals surface area contributed by atoms with Crippen molar-refractivity contribution in [3.63, 3.8) is 0 Å². The Morgan fingerprint density at radius 1 is 1.38 bits per heavy atom. The summed E-state index contributed by atoms with van der Waals surface area (Å²) in [5.41, 5.74) is 6.87. The number of carboxylic acids is 1. The van der Waals surface area contributed by atoms with E-state index >= 15 is 0 Å². The summed E-state index contributed by atoms with van der Waals surface area (Å²) in [6.07, 6.45) is -0.428. The smallest absolute Gasteiger partial charge is 0.326 e. The molecular weight excluding hydrogens is 274 g/mol. The van der Waals surface area contributed by atoms with Gasteiger partial charge in [-0.1, -0.05) is 24.3 Å². The van der Waals surface area contributed by atoms with Crippen LogP contribution in [0.4, 0.5) is 0 Å². The molecule has 0 fully saturated rings. The van der Waals surface area contributed by atoms with E-state index in [1.54, 1.807) is 0 Å². The standard InChI is InChI=1S/C14H17N3O4/c15-12(18)5-11(14(20)21)17-13(19)10-7-16-6-8-3-1-2-4-9(8)10/h1-4,10-11,16H,5-7H2,(H2,15,18)(H,17,19)(H,20,21)/t10?,11-/m1/s1. The topological polar surface area (TPSA) is 122 Å². The minimum atomic E-state index is -1.30. The zero-order chi connectivity index (χ0) is 15.4. The Morgan fingerprint density at radius 3 is 2.76 bits per heavy atom. The van der Waals surface area contributed by atoms with Gasteiger partial charge in [-0.25, -0.2) is 4.79 Å². The van der Waals surface area contributed by atoms with Crippen molar-refractivity contribution < 1.29 is 19.5 Å². The van der Waals surface area contributed by atoms with E-state index in [4.69, 9.17) is 10.8 Å². The number of carboxylic acid groups (broad SMARTS) is 1. The van der Waals surface area contributed by atoms with Crippen LogP contribution in [0.5, 0.6) is 0 Å². The average Bonchev–Trinajstić information content (AvgIpc) is 2.45. The van der Waals surface area contributed by atoms with Gasteiger partial charge in [0, 0.05) is 13.1 Å². The second kappa shape index (κ2) is 6.36. The van der Waals surface area contributed by atoms with Crippen molar-refractivity contribution in [1.82, 2.24) is 10.6 Å². The predicted octanol–water partition coefficient (Wildman–Crippen LogP) is -0.682. The van der Waals surface area contributed by atoms with Crippen LogP contribution in [-0.2, 0) is 20.9 Å². The van der Waals surface area contributed by atoms with E-state index in [1.807, 2.05) is 24.3 Å². The summed E-state index contributed by atoms with van der Waals surface area (Å²) in [4.78, 5) is 34.2. The van der Waals surface area contributed by atoms with Gasteiger partial charge in [0.1, 0.15) is 6.04 Å². The number of carbonyl (C=O) groups is 3. The lowest BCUT2D eigenvalue weighted by atomic mass is 9.90. The van der Waals surface area contributed by atoms with Gasteiger partial charge in [-0.15, -0.1) is 0 Å². The van der Waals surface area contributed by atoms with Crippen LogP contribution in [0.3, 0.4) is 0 Å². The van der Waals surface area contributed by atoms with E-state index in [1.165, 1.54) is 0 Å². The predicted molar refractivity (Wildman–Crippen MR) is 74.3 cm³/mol. The molecule has 0 bridgehead atoms. The molecule has 1 unspecified atom stereocenters. The normalized spacial score (nSPS) is 18.4. The Balaban J connectivity index is 2.13. The van der Waals surface area contributed by atoms with Crippen molar-refractivity contribution in [1.29, 1.82) is 0 Å². The Bertz CT molecular complexity index is 573. The van der Waals surface area contributed by atoms with E-state index in [-0.39, 0.29) is 0 Å². The van der Waals surface area contributed by atoms with Crippen LogP contribution in [0.2, 0.25) is 0 Å². The number of nitrogens with two attached hydrogens (primary N) is 1. The molecule has 0 aromatic heterocycles. The number of primary amides is 1. The van der Waals surface area contributed by atoms with Gasteiger partial charge in [0.15, 0.2) is 0 Å². The van der Waals surface area contributed by atoms with Crippen molar-refractivity contribution in [2.24, 2.45) is 5.73 Å². The molecule has 0 spiro atoms. The second-order valence-electron chi connectivity index (χ2n) is 4.95. The van der Waals surface area contributed by atoms with Gasteiger partial charge in [0.05, 0.1) is 12.3 Å². The highest BCUT2D eigenvalue weighted by Crippen LogP contribution is 2.24. The largest absolute Gasteiger partial charge is 0.480 e. The summed E-state index contributed by atoms with van der Waals surface area (Å²) >= 11 is 0. The zero-order valence-electron chi connectivity index (χ0n) is 11.3. The van der Waals surface area contributed by atoms with E-state index < -0.39 is 36.2 Å². The third kappa shape index (κ3) is 3.57. The Labute approximate surface area is 121 Å². The summed E-state index contributed by atoms with van der Waals surface area (Å²) in [6.45, 7) is 1.09. The van der Waals surface area contributed by atoms with Crippen LogP contribution in [0.25, 0.3) is 0 Å². The highest BCUT2D eigenvalue weighted by atomic mass is 16.4. The lowest BCUT2D eigenvalue weighted by Crippen LogP contribution is -2.47. The summed E-state index contributed by atoms with van der Waals surface area (Å²) in [6, 6.07) is 6.18. The maximum absolute atomic E-state index is 12.3. The minimum absolute atomic E-state index is 0.422. The van der Waals surface area contributed by atoms with Crippen molar-refractivity contribution in [3.05, 3.63) is 35.4 Å². The van der Waals surface area contributed by atoms with E-state index in [0.29, 0.717) is 13.1 Å². The van der Waals surface area contributed by atoms with Gasteiger partial charge < -0.3 is 21.5 Å². The van der Waals surface area contributed by atoms with Gasteiger partial charge in [-0.05, 0) is 11.1 Å². The summed E-state index contributed by atoms with van der Waals surface area (Å²) in [7, 11) is 0. The molecule has 2 atom stereocenters. The molecule has 1 heterocycles. The van der Waals surface area contributed by atoms with E-state index in [0.717, 1.165) is 11.1 Å². The third-order valence-electron chi connectivity index (χ3n) is 3.43. The molecule has 0 aliphatic carbocycles. The van der Waals surface area contributed by atoms with Crippen LogP contribution in [0.15, 0.2) is 24.3 Å². The molecule has 1 aliphatic rings. The maximum atomic E-state index is 12.3. The summed E-state index contributed by atoms with van der Waals surface area (Å²) < 4.78 is 0. The Kier molecular flexibility index (Phi) is 4.54. The number of hydrogen-bond donors (Lipinski definition) is 4. The number of rotatable bonds is 5. The fourth-order valence-electron chi connectivity index (χ4n) is 2.40. The number of hydrogen-bond acceptors (Lipinski definition) is 4. The number of nitrogens with one attached hydrogen (secondary N) is 2. The van der Waals surface area contributed by atoms with Crippen molar-refractivity contribution >= 4 is 17.8 Å². The number of benzene rings is 1. The average molecular weight is 291 g/mol. The molecule has 0 saturated carbocycles. The molecular formula is C14H17N3O4. The molecule has 21 heavy (non-hydrogen) atoms. The maximum Gasteiger partial charge on any atom is 0.326 e. The third-order valence-corrected chi connectivity index (χ3v) is 3.43. The lowest BCUT2D eigenvalue weighted by Gasteiger charge is -2.26. The van der Waals surface area contributed by atoms with Gasteiger partial charge in [0.25, 0.3) is 0 Å². The lowest BCUT2D eigenvalue weighted by molar-refractivity contribution is -0.143. The number of fused-ring (bicyclic) bond motifs is 1. The van der Waals surface area contributed by atoms with Crippen LogP contribution < -0.4 is 16.4 Å². The monoisotopic (exact) mass is 291 g/mol. The molecule has 0 saturated heterocycles. The molecule has 2 rings (SSSR count). The first-order valence-electron chi connectivity index (χ1n) is 6.59.